The van der Waals surface area contributed by atoms with Crippen LogP contribution in [0.1, 0.15) is 18.1 Å². The zero-order valence-corrected chi connectivity index (χ0v) is 19.6. The Bertz CT molecular complexity index is 1070. The highest BCUT2D eigenvalue weighted by atomic mass is 79.9. The van der Waals surface area contributed by atoms with Crippen LogP contribution in [-0.4, -0.2) is 42.2 Å². The van der Waals surface area contributed by atoms with Crippen LogP contribution in [0, 0.1) is 6.92 Å². The van der Waals surface area contributed by atoms with Gasteiger partial charge in [-0.25, -0.2) is 0 Å². The highest BCUT2D eigenvalue weighted by molar-refractivity contribution is 9.10. The molecular formula is C22H21BrN2O5S. The summed E-state index contributed by atoms with van der Waals surface area (Å²) in [5.74, 6) is 0.103. The molecule has 0 saturated carbocycles. The average Bonchev–Trinajstić information content (AvgIpc) is 2.97. The minimum atomic E-state index is -0.514. The van der Waals surface area contributed by atoms with Gasteiger partial charge in [-0.2, -0.15) is 0 Å². The van der Waals surface area contributed by atoms with Gasteiger partial charge in [0.1, 0.15) is 6.54 Å². The normalized spacial score (nSPS) is 14.8. The molecule has 162 valence electrons. The van der Waals surface area contributed by atoms with Crippen molar-refractivity contribution in [2.75, 3.05) is 25.6 Å². The zero-order valence-electron chi connectivity index (χ0n) is 17.2. The number of methoxy groups -OCH3 is 1. The number of thioether (sulfide) groups is 1. The van der Waals surface area contributed by atoms with E-state index in [1.54, 1.807) is 30.3 Å². The maximum atomic E-state index is 12.8. The number of halogens is 1. The van der Waals surface area contributed by atoms with E-state index in [1.165, 1.54) is 7.11 Å². The fourth-order valence-electron chi connectivity index (χ4n) is 2.97. The third-order valence-electron chi connectivity index (χ3n) is 4.43. The summed E-state index contributed by atoms with van der Waals surface area (Å²) in [6, 6.07) is 10.8. The number of benzene rings is 2. The molecule has 1 aliphatic heterocycles. The number of rotatable bonds is 7. The van der Waals surface area contributed by atoms with E-state index in [1.807, 2.05) is 26.0 Å². The van der Waals surface area contributed by atoms with E-state index < -0.39 is 17.1 Å². The second-order valence-electron chi connectivity index (χ2n) is 6.60. The Morgan fingerprint density at radius 1 is 1.26 bits per heavy atom. The van der Waals surface area contributed by atoms with Crippen molar-refractivity contribution in [1.29, 1.82) is 0 Å². The monoisotopic (exact) mass is 504 g/mol. The van der Waals surface area contributed by atoms with Crippen LogP contribution in [0.3, 0.4) is 0 Å². The van der Waals surface area contributed by atoms with Crippen LogP contribution >= 0.6 is 27.7 Å². The number of imide groups is 1. The maximum Gasteiger partial charge on any atom is 0.294 e. The third-order valence-corrected chi connectivity index (χ3v) is 5.92. The van der Waals surface area contributed by atoms with Gasteiger partial charge in [-0.1, -0.05) is 18.2 Å². The molecule has 1 fully saturated rings. The lowest BCUT2D eigenvalue weighted by Crippen LogP contribution is -2.36. The first-order valence-electron chi connectivity index (χ1n) is 9.45. The van der Waals surface area contributed by atoms with Gasteiger partial charge in [-0.15, -0.1) is 0 Å². The Kier molecular flexibility index (Phi) is 7.40. The summed E-state index contributed by atoms with van der Waals surface area (Å²) in [5, 5.41) is 2.24. The van der Waals surface area contributed by atoms with Gasteiger partial charge in [0, 0.05) is 5.69 Å². The van der Waals surface area contributed by atoms with E-state index in [4.69, 9.17) is 9.47 Å². The van der Waals surface area contributed by atoms with E-state index >= 15 is 0 Å². The predicted octanol–water partition coefficient (Wildman–Crippen LogP) is 4.84. The van der Waals surface area contributed by atoms with Crippen LogP contribution in [-0.2, 0) is 9.59 Å². The Morgan fingerprint density at radius 2 is 2.00 bits per heavy atom. The Hall–Kier alpha value is -2.78. The van der Waals surface area contributed by atoms with Gasteiger partial charge in [0.15, 0.2) is 11.5 Å². The lowest BCUT2D eigenvalue weighted by molar-refractivity contribution is -0.127. The van der Waals surface area contributed by atoms with Crippen molar-refractivity contribution in [3.63, 3.8) is 0 Å². The number of nitrogens with zero attached hydrogens (tertiary/aromatic N) is 1. The molecule has 1 heterocycles. The first-order chi connectivity index (χ1) is 14.8. The van der Waals surface area contributed by atoms with Crippen molar-refractivity contribution in [2.24, 2.45) is 0 Å². The first-order valence-corrected chi connectivity index (χ1v) is 11.1. The van der Waals surface area contributed by atoms with E-state index in [0.717, 1.165) is 22.2 Å². The van der Waals surface area contributed by atoms with Crippen molar-refractivity contribution < 1.29 is 23.9 Å². The standard InChI is InChI=1S/C22H21BrN2O5S/c1-4-30-17-10-14(9-15(23)20(17)29-3)11-18-21(27)25(22(28)31-18)12-19(26)24-16-8-6-5-7-13(16)2/h5-11H,4,12H2,1-3H3,(H,24,26)/b18-11+. The SMILES string of the molecule is CCOc1cc(/C=C2/SC(=O)N(CC(=O)Nc3ccccc3C)C2=O)cc(Br)c1OC. The molecule has 31 heavy (non-hydrogen) atoms. The number of anilines is 1. The number of aryl methyl sites for hydroxylation is 1. The van der Waals surface area contributed by atoms with Crippen molar-refractivity contribution in [1.82, 2.24) is 4.90 Å². The Balaban J connectivity index is 1.77. The Morgan fingerprint density at radius 3 is 2.68 bits per heavy atom. The van der Waals surface area contributed by atoms with E-state index in [9.17, 15) is 14.4 Å². The average molecular weight is 505 g/mol. The molecule has 3 amide bonds. The molecule has 0 unspecified atom stereocenters. The number of amides is 3. The summed E-state index contributed by atoms with van der Waals surface area (Å²) in [4.78, 5) is 38.7. The Labute approximate surface area is 192 Å². The fourth-order valence-corrected chi connectivity index (χ4v) is 4.43. The van der Waals surface area contributed by atoms with Gasteiger partial charge in [-0.05, 0) is 76.9 Å². The molecule has 3 rings (SSSR count). The quantitative estimate of drug-likeness (QED) is 0.543. The van der Waals surface area contributed by atoms with E-state index in [2.05, 4.69) is 21.2 Å². The van der Waals surface area contributed by atoms with Gasteiger partial charge in [0.25, 0.3) is 11.1 Å². The van der Waals surface area contributed by atoms with Gasteiger partial charge < -0.3 is 14.8 Å². The summed E-state index contributed by atoms with van der Waals surface area (Å²) < 4.78 is 11.6. The minimum Gasteiger partial charge on any atom is -0.492 e. The molecule has 1 aliphatic rings. The summed E-state index contributed by atoms with van der Waals surface area (Å²) in [5.41, 5.74) is 2.19. The molecule has 0 radical (unpaired) electrons. The molecule has 1 saturated heterocycles. The zero-order chi connectivity index (χ0) is 22.5. The second kappa shape index (κ2) is 10.0. The highest BCUT2D eigenvalue weighted by Crippen LogP contribution is 2.39. The lowest BCUT2D eigenvalue weighted by atomic mass is 10.2. The smallest absolute Gasteiger partial charge is 0.294 e. The molecule has 0 bridgehead atoms. The van der Waals surface area contributed by atoms with E-state index in [0.29, 0.717) is 33.8 Å². The number of nitrogens with one attached hydrogen (secondary N) is 1. The van der Waals surface area contributed by atoms with Crippen molar-refractivity contribution in [2.45, 2.75) is 13.8 Å². The first kappa shape index (κ1) is 22.9. The number of hydrogen-bond donors (Lipinski definition) is 1. The fraction of sp³-hybridized carbons (Fsp3) is 0.227. The number of ether oxygens (including phenoxy) is 2. The van der Waals surface area contributed by atoms with Crippen molar-refractivity contribution >= 4 is 56.5 Å². The van der Waals surface area contributed by atoms with Gasteiger partial charge in [0.05, 0.1) is 23.1 Å². The van der Waals surface area contributed by atoms with Crippen LogP contribution in [0.4, 0.5) is 10.5 Å². The molecule has 0 aliphatic carbocycles. The largest absolute Gasteiger partial charge is 0.492 e. The van der Waals surface area contributed by atoms with Gasteiger partial charge in [-0.3, -0.25) is 19.3 Å². The number of carbonyl (C=O) groups is 3. The molecule has 2 aromatic carbocycles. The number of hydrogen-bond acceptors (Lipinski definition) is 6. The molecule has 1 N–H and O–H groups in total. The van der Waals surface area contributed by atoms with Crippen molar-refractivity contribution in [3.8, 4) is 11.5 Å². The number of carbonyl (C=O) groups excluding carboxylic acids is 3. The van der Waals surface area contributed by atoms with Crippen LogP contribution in [0.5, 0.6) is 11.5 Å². The molecule has 0 aromatic heterocycles. The van der Waals surface area contributed by atoms with Gasteiger partial charge >= 0.3 is 0 Å². The van der Waals surface area contributed by atoms with Crippen LogP contribution < -0.4 is 14.8 Å². The lowest BCUT2D eigenvalue weighted by Gasteiger charge is -2.13. The summed E-state index contributed by atoms with van der Waals surface area (Å²) in [6.07, 6.45) is 1.59. The number of para-hydroxylation sites is 1. The second-order valence-corrected chi connectivity index (χ2v) is 8.45. The molecule has 2 aromatic rings. The molecule has 0 spiro atoms. The van der Waals surface area contributed by atoms with Crippen LogP contribution in [0.15, 0.2) is 45.8 Å². The molecule has 0 atom stereocenters. The van der Waals surface area contributed by atoms with Crippen molar-refractivity contribution in [3.05, 3.63) is 56.9 Å². The predicted molar refractivity (Wildman–Crippen MR) is 124 cm³/mol. The van der Waals surface area contributed by atoms with Crippen LogP contribution in [0.25, 0.3) is 6.08 Å². The van der Waals surface area contributed by atoms with E-state index in [-0.39, 0.29) is 11.4 Å². The summed E-state index contributed by atoms with van der Waals surface area (Å²) in [7, 11) is 1.54. The summed E-state index contributed by atoms with van der Waals surface area (Å²) >= 11 is 4.22. The van der Waals surface area contributed by atoms with Gasteiger partial charge in [0.2, 0.25) is 5.91 Å². The molecule has 9 heteroatoms. The maximum absolute atomic E-state index is 12.8. The summed E-state index contributed by atoms with van der Waals surface area (Å²) in [6.45, 7) is 3.81. The molecule has 7 nitrogen and oxygen atoms in total. The minimum absolute atomic E-state index is 0.230. The van der Waals surface area contributed by atoms with Crippen LogP contribution in [0.2, 0.25) is 0 Å². The third kappa shape index (κ3) is 5.29. The topological polar surface area (TPSA) is 84.9 Å². The highest BCUT2D eigenvalue weighted by Gasteiger charge is 2.36. The molecular weight excluding hydrogens is 484 g/mol.